The van der Waals surface area contributed by atoms with E-state index in [9.17, 15) is 0 Å². The fraction of sp³-hybridized carbons (Fsp3) is 0.0182. The maximum absolute atomic E-state index is 2.61. The molecule has 14 rings (SSSR count). The first kappa shape index (κ1) is 35.6. The number of fused-ring (bicyclic) bond motifs is 10. The van der Waals surface area contributed by atoms with E-state index in [0.29, 0.717) is 0 Å². The van der Waals surface area contributed by atoms with Crippen molar-refractivity contribution in [1.29, 1.82) is 0 Å². The molecule has 0 atom stereocenters. The minimum Gasteiger partial charge on any atom is -0.311 e. The van der Waals surface area contributed by atoms with Crippen LogP contribution in [0.4, 0.5) is 51.2 Å². The summed E-state index contributed by atoms with van der Waals surface area (Å²) in [5.74, 6) is 0.0486. The Balaban J connectivity index is 1.11. The Hall–Kier alpha value is -6.99. The van der Waals surface area contributed by atoms with E-state index in [-0.39, 0.29) is 12.0 Å². The van der Waals surface area contributed by atoms with E-state index in [2.05, 4.69) is 226 Å². The highest BCUT2D eigenvalue weighted by atomic mass is 32.2. The molecule has 4 aliphatic rings. The molecule has 63 heavy (non-hydrogen) atoms. The van der Waals surface area contributed by atoms with Gasteiger partial charge < -0.3 is 19.3 Å². The fourth-order valence-corrected chi connectivity index (χ4v) is 13.6. The van der Waals surface area contributed by atoms with Gasteiger partial charge in [-0.3, -0.25) is 0 Å². The molecule has 0 saturated carbocycles. The molecular weight excluding hydrogens is 802 g/mol. The largest absolute Gasteiger partial charge is 0.311 e. The summed E-state index contributed by atoms with van der Waals surface area (Å²) in [5.41, 5.74) is 21.2. The van der Waals surface area contributed by atoms with Crippen molar-refractivity contribution in [2.75, 3.05) is 14.7 Å². The SMILES string of the molecule is Cc1ccccc1N1c2ccccc2SB2c3cc4c(cc3N(c3ccccc3)c3cccc1c32)N(c1ccccc1)c1ccc2c3ccccc3n3c2c1B4Sc1ccccc1-3. The zero-order chi connectivity index (χ0) is 41.3. The van der Waals surface area contributed by atoms with Gasteiger partial charge in [0.25, 0.3) is 12.0 Å². The van der Waals surface area contributed by atoms with Crippen molar-refractivity contribution >= 4 is 130 Å². The van der Waals surface area contributed by atoms with Crippen LogP contribution in [0.3, 0.4) is 0 Å². The van der Waals surface area contributed by atoms with Crippen molar-refractivity contribution in [2.45, 2.75) is 16.7 Å². The summed E-state index contributed by atoms with van der Waals surface area (Å²) >= 11 is 3.99. The maximum atomic E-state index is 2.61. The van der Waals surface area contributed by atoms with Crippen LogP contribution in [-0.2, 0) is 0 Å². The van der Waals surface area contributed by atoms with Crippen LogP contribution in [0.15, 0.2) is 210 Å². The van der Waals surface area contributed by atoms with Gasteiger partial charge in [0.05, 0.1) is 22.4 Å². The number of nitrogens with zero attached hydrogens (tertiary/aromatic N) is 4. The molecule has 5 heterocycles. The van der Waals surface area contributed by atoms with Crippen LogP contribution in [0.1, 0.15) is 5.56 Å². The average Bonchev–Trinajstić information content (AvgIpc) is 3.47. The molecule has 4 aliphatic heterocycles. The Bertz CT molecular complexity index is 3540. The minimum absolute atomic E-state index is 0.0171. The van der Waals surface area contributed by atoms with Gasteiger partial charge in [0.15, 0.2) is 0 Å². The van der Waals surface area contributed by atoms with E-state index < -0.39 is 0 Å². The molecule has 0 amide bonds. The number of hydrogen-bond acceptors (Lipinski definition) is 5. The Kier molecular flexibility index (Phi) is 7.63. The highest BCUT2D eigenvalue weighted by Gasteiger charge is 2.46. The minimum atomic E-state index is 0.0171. The Labute approximate surface area is 375 Å². The van der Waals surface area contributed by atoms with Crippen LogP contribution < -0.4 is 36.6 Å². The van der Waals surface area contributed by atoms with Crippen molar-refractivity contribution in [1.82, 2.24) is 4.57 Å². The predicted octanol–water partition coefficient (Wildman–Crippen LogP) is 12.6. The van der Waals surface area contributed by atoms with Crippen molar-refractivity contribution in [3.05, 3.63) is 206 Å². The van der Waals surface area contributed by atoms with Crippen molar-refractivity contribution in [3.63, 3.8) is 0 Å². The topological polar surface area (TPSA) is 14.7 Å². The average molecular weight is 839 g/mol. The molecule has 0 bridgehead atoms. The van der Waals surface area contributed by atoms with Gasteiger partial charge in [0.2, 0.25) is 0 Å². The number of aryl methyl sites for hydroxylation is 1. The first-order chi connectivity index (χ1) is 31.2. The third-order valence-electron chi connectivity index (χ3n) is 13.5. The van der Waals surface area contributed by atoms with E-state index in [4.69, 9.17) is 0 Å². The molecule has 0 N–H and O–H groups in total. The third-order valence-corrected chi connectivity index (χ3v) is 16.1. The van der Waals surface area contributed by atoms with Crippen LogP contribution in [0.25, 0.3) is 27.5 Å². The van der Waals surface area contributed by atoms with Gasteiger partial charge in [0.1, 0.15) is 0 Å². The molecule has 0 radical (unpaired) electrons. The van der Waals surface area contributed by atoms with Crippen molar-refractivity contribution < 1.29 is 0 Å². The molecule has 10 aromatic rings. The number of benzene rings is 9. The van der Waals surface area contributed by atoms with E-state index >= 15 is 0 Å². The summed E-state index contributed by atoms with van der Waals surface area (Å²) in [7, 11) is 0. The Morgan fingerprint density at radius 2 is 0.889 bits per heavy atom. The highest BCUT2D eigenvalue weighted by Crippen LogP contribution is 2.52. The van der Waals surface area contributed by atoms with Gasteiger partial charge in [-0.05, 0) is 119 Å². The molecule has 0 aliphatic carbocycles. The van der Waals surface area contributed by atoms with E-state index in [1.807, 2.05) is 23.2 Å². The maximum Gasteiger partial charge on any atom is 0.287 e. The summed E-state index contributed by atoms with van der Waals surface area (Å²) < 4.78 is 2.55. The van der Waals surface area contributed by atoms with Crippen molar-refractivity contribution in [3.8, 4) is 5.69 Å². The van der Waals surface area contributed by atoms with E-state index in [1.165, 1.54) is 105 Å². The second kappa shape index (κ2) is 13.5. The lowest BCUT2D eigenvalue weighted by Gasteiger charge is -2.42. The molecule has 0 saturated heterocycles. The van der Waals surface area contributed by atoms with Crippen LogP contribution in [0, 0.1) is 6.92 Å². The van der Waals surface area contributed by atoms with Crippen molar-refractivity contribution in [2.24, 2.45) is 0 Å². The van der Waals surface area contributed by atoms with E-state index in [1.54, 1.807) is 0 Å². The molecule has 0 unspecified atom stereocenters. The number of para-hydroxylation sites is 6. The third kappa shape index (κ3) is 4.99. The van der Waals surface area contributed by atoms with Gasteiger partial charge in [-0.2, -0.15) is 23.2 Å². The molecule has 9 aromatic carbocycles. The van der Waals surface area contributed by atoms with Crippen LogP contribution in [0.5, 0.6) is 0 Å². The highest BCUT2D eigenvalue weighted by molar-refractivity contribution is 8.28. The summed E-state index contributed by atoms with van der Waals surface area (Å²) in [6.45, 7) is 2.23. The van der Waals surface area contributed by atoms with Gasteiger partial charge in [-0.25, -0.2) is 0 Å². The summed E-state index contributed by atoms with van der Waals surface area (Å²) in [6.07, 6.45) is 0. The summed E-state index contributed by atoms with van der Waals surface area (Å²) in [4.78, 5) is 10.2. The first-order valence-electron chi connectivity index (χ1n) is 21.7. The van der Waals surface area contributed by atoms with Gasteiger partial charge in [-0.15, -0.1) is 0 Å². The number of rotatable bonds is 3. The smallest absolute Gasteiger partial charge is 0.287 e. The molecule has 294 valence electrons. The molecule has 1 aromatic heterocycles. The molecule has 8 heteroatoms. The first-order valence-corrected chi connectivity index (χ1v) is 23.4. The molecule has 0 fully saturated rings. The molecule has 4 nitrogen and oxygen atoms in total. The number of aromatic nitrogens is 1. The predicted molar refractivity (Wildman–Crippen MR) is 271 cm³/mol. The second-order valence-electron chi connectivity index (χ2n) is 16.8. The van der Waals surface area contributed by atoms with Gasteiger partial charge in [0, 0.05) is 66.1 Å². The summed E-state index contributed by atoms with van der Waals surface area (Å²) in [5, 5.41) is 2.58. The van der Waals surface area contributed by atoms with Crippen LogP contribution >= 0.6 is 23.2 Å². The lowest BCUT2D eigenvalue weighted by molar-refractivity contribution is 1.13. The zero-order valence-electron chi connectivity index (χ0n) is 34.3. The lowest BCUT2D eigenvalue weighted by atomic mass is 9.52. The van der Waals surface area contributed by atoms with E-state index in [0.717, 1.165) is 11.4 Å². The monoisotopic (exact) mass is 838 g/mol. The number of hydrogen-bond donors (Lipinski definition) is 0. The van der Waals surface area contributed by atoms with Gasteiger partial charge in [-0.1, -0.05) is 115 Å². The van der Waals surface area contributed by atoms with Gasteiger partial charge >= 0.3 is 0 Å². The molecular formula is C55H36B2N4S2. The fourth-order valence-electron chi connectivity index (χ4n) is 10.9. The normalized spacial score (nSPS) is 14.1. The summed E-state index contributed by atoms with van der Waals surface area (Å²) in [6, 6.07) is 74.6. The van der Waals surface area contributed by atoms with Crippen LogP contribution in [0.2, 0.25) is 0 Å². The zero-order valence-corrected chi connectivity index (χ0v) is 35.9. The Morgan fingerprint density at radius 1 is 0.365 bits per heavy atom. The van der Waals surface area contributed by atoms with Crippen LogP contribution in [-0.4, -0.2) is 16.5 Å². The standard InChI is InChI=1S/C55H36B2N4S2/c1-35-17-8-10-23-42(35)60-44-25-12-14-29-51(44)62-56-40-33-41-50(34-49(40)58(36-18-4-2-5-19-36)46-27-16-28-47(60)53(46)56)59(37-20-6-3-7-21-37)48-32-31-39-38-22-9-11-24-43(38)61-45-26-13-15-30-52(45)63-57(41)54(48)55(39)61/h2-34H,1H3. The lowest BCUT2D eigenvalue weighted by Crippen LogP contribution is -2.54. The molecule has 0 spiro atoms. The number of anilines is 9. The Morgan fingerprint density at radius 3 is 1.59 bits per heavy atom. The second-order valence-corrected chi connectivity index (χ2v) is 19.1. The quantitative estimate of drug-likeness (QED) is 0.164.